The molecule has 0 atom stereocenters. The Balaban J connectivity index is 1.80. The van der Waals surface area contributed by atoms with Crippen LogP contribution in [0.2, 0.25) is 5.15 Å². The van der Waals surface area contributed by atoms with Gasteiger partial charge in [-0.25, -0.2) is 4.98 Å². The normalized spacial score (nSPS) is 10.3. The van der Waals surface area contributed by atoms with Crippen LogP contribution in [0.5, 0.6) is 0 Å². The topological polar surface area (TPSA) is 62.3 Å². The van der Waals surface area contributed by atoms with Gasteiger partial charge < -0.3 is 10.2 Å². The SMILES string of the molecule is CN(Cc1ccccc1)C(=O)c1ccccc1NC(=O)c1cccnc1Cl. The number of amides is 2. The number of benzene rings is 2. The van der Waals surface area contributed by atoms with Gasteiger partial charge in [-0.05, 0) is 29.8 Å². The van der Waals surface area contributed by atoms with E-state index in [1.54, 1.807) is 48.3 Å². The molecule has 136 valence electrons. The molecule has 0 radical (unpaired) electrons. The second kappa shape index (κ2) is 8.47. The molecule has 0 aliphatic rings. The molecule has 3 aromatic rings. The second-order valence-electron chi connectivity index (χ2n) is 5.99. The molecule has 0 aliphatic carbocycles. The Morgan fingerprint density at radius 1 is 0.963 bits per heavy atom. The predicted octanol–water partition coefficient (Wildman–Crippen LogP) is 4.26. The summed E-state index contributed by atoms with van der Waals surface area (Å²) in [6.07, 6.45) is 1.51. The Morgan fingerprint density at radius 3 is 2.37 bits per heavy atom. The number of carbonyl (C=O) groups is 2. The molecule has 5 nitrogen and oxygen atoms in total. The van der Waals surface area contributed by atoms with E-state index < -0.39 is 5.91 Å². The van der Waals surface area contributed by atoms with Gasteiger partial charge in [0.1, 0.15) is 5.15 Å². The molecule has 0 spiro atoms. The van der Waals surface area contributed by atoms with E-state index in [4.69, 9.17) is 11.6 Å². The number of aromatic nitrogens is 1. The van der Waals surface area contributed by atoms with Crippen molar-refractivity contribution in [1.82, 2.24) is 9.88 Å². The highest BCUT2D eigenvalue weighted by molar-refractivity contribution is 6.33. The molecule has 0 fully saturated rings. The fraction of sp³-hybridized carbons (Fsp3) is 0.0952. The highest BCUT2D eigenvalue weighted by Crippen LogP contribution is 2.20. The zero-order chi connectivity index (χ0) is 19.2. The molecule has 3 rings (SSSR count). The summed E-state index contributed by atoms with van der Waals surface area (Å²) in [5, 5.41) is 2.87. The first-order valence-electron chi connectivity index (χ1n) is 8.36. The summed E-state index contributed by atoms with van der Waals surface area (Å²) in [6, 6.07) is 19.8. The summed E-state index contributed by atoms with van der Waals surface area (Å²) in [4.78, 5) is 30.9. The Morgan fingerprint density at radius 2 is 1.63 bits per heavy atom. The van der Waals surface area contributed by atoms with Crippen molar-refractivity contribution in [2.24, 2.45) is 0 Å². The lowest BCUT2D eigenvalue weighted by Crippen LogP contribution is -2.27. The van der Waals surface area contributed by atoms with Crippen LogP contribution in [0, 0.1) is 0 Å². The van der Waals surface area contributed by atoms with Crippen molar-refractivity contribution in [1.29, 1.82) is 0 Å². The number of hydrogen-bond acceptors (Lipinski definition) is 3. The molecule has 0 saturated heterocycles. The number of halogens is 1. The standard InChI is InChI=1S/C21H18ClN3O2/c1-25(14-15-8-3-2-4-9-15)21(27)16-10-5-6-12-18(16)24-20(26)17-11-7-13-23-19(17)22/h2-13H,14H2,1H3,(H,24,26). The van der Waals surface area contributed by atoms with Gasteiger partial charge in [0.05, 0.1) is 16.8 Å². The minimum atomic E-state index is -0.418. The molecular formula is C21H18ClN3O2. The van der Waals surface area contributed by atoms with Gasteiger partial charge in [-0.3, -0.25) is 9.59 Å². The van der Waals surface area contributed by atoms with Crippen LogP contribution in [-0.2, 0) is 6.54 Å². The van der Waals surface area contributed by atoms with Gasteiger partial charge in [-0.2, -0.15) is 0 Å². The average Bonchev–Trinajstić information content (AvgIpc) is 2.69. The van der Waals surface area contributed by atoms with Crippen LogP contribution < -0.4 is 5.32 Å². The van der Waals surface area contributed by atoms with Gasteiger partial charge in [-0.15, -0.1) is 0 Å². The largest absolute Gasteiger partial charge is 0.337 e. The summed E-state index contributed by atoms with van der Waals surface area (Å²) in [7, 11) is 1.73. The second-order valence-corrected chi connectivity index (χ2v) is 6.35. The third kappa shape index (κ3) is 4.51. The van der Waals surface area contributed by atoms with Crippen LogP contribution in [0.15, 0.2) is 72.9 Å². The summed E-state index contributed by atoms with van der Waals surface area (Å²) in [6.45, 7) is 0.469. The molecule has 6 heteroatoms. The maximum absolute atomic E-state index is 12.9. The molecule has 1 N–H and O–H groups in total. The Bertz CT molecular complexity index is 960. The molecule has 2 amide bonds. The van der Waals surface area contributed by atoms with Crippen molar-refractivity contribution in [3.63, 3.8) is 0 Å². The number of carbonyl (C=O) groups excluding carboxylic acids is 2. The monoisotopic (exact) mass is 379 g/mol. The molecular weight excluding hydrogens is 362 g/mol. The Labute approximate surface area is 162 Å². The van der Waals surface area contributed by atoms with Crippen LogP contribution >= 0.6 is 11.6 Å². The third-order valence-electron chi connectivity index (χ3n) is 4.02. The van der Waals surface area contributed by atoms with Crippen LogP contribution in [0.1, 0.15) is 26.3 Å². The number of nitrogens with one attached hydrogen (secondary N) is 1. The van der Waals surface area contributed by atoms with E-state index in [1.165, 1.54) is 6.20 Å². The summed E-state index contributed by atoms with van der Waals surface area (Å²) >= 11 is 5.98. The van der Waals surface area contributed by atoms with Crippen LogP contribution in [0.4, 0.5) is 5.69 Å². The number of anilines is 1. The molecule has 27 heavy (non-hydrogen) atoms. The third-order valence-corrected chi connectivity index (χ3v) is 4.32. The molecule has 0 unspecified atom stereocenters. The van der Waals surface area contributed by atoms with E-state index in [0.717, 1.165) is 5.56 Å². The fourth-order valence-electron chi connectivity index (χ4n) is 2.66. The number of rotatable bonds is 5. The minimum Gasteiger partial charge on any atom is -0.337 e. The molecule has 1 aromatic heterocycles. The smallest absolute Gasteiger partial charge is 0.258 e. The van der Waals surface area contributed by atoms with Gasteiger partial charge in [-0.1, -0.05) is 54.1 Å². The van der Waals surface area contributed by atoms with Gasteiger partial charge in [0.25, 0.3) is 11.8 Å². The van der Waals surface area contributed by atoms with E-state index in [2.05, 4.69) is 10.3 Å². The van der Waals surface area contributed by atoms with E-state index in [9.17, 15) is 9.59 Å². The van der Waals surface area contributed by atoms with Gasteiger partial charge in [0, 0.05) is 19.8 Å². The number of pyridine rings is 1. The van der Waals surface area contributed by atoms with E-state index in [0.29, 0.717) is 17.8 Å². The van der Waals surface area contributed by atoms with E-state index in [-0.39, 0.29) is 16.6 Å². The highest BCUT2D eigenvalue weighted by Gasteiger charge is 2.18. The quantitative estimate of drug-likeness (QED) is 0.674. The Kier molecular flexibility index (Phi) is 5.84. The van der Waals surface area contributed by atoms with Crippen LogP contribution in [0.25, 0.3) is 0 Å². The van der Waals surface area contributed by atoms with Crippen molar-refractivity contribution in [3.8, 4) is 0 Å². The van der Waals surface area contributed by atoms with Crippen molar-refractivity contribution >= 4 is 29.1 Å². The fourth-order valence-corrected chi connectivity index (χ4v) is 2.86. The maximum Gasteiger partial charge on any atom is 0.258 e. The Hall–Kier alpha value is -3.18. The first-order valence-corrected chi connectivity index (χ1v) is 8.74. The summed E-state index contributed by atoms with van der Waals surface area (Å²) in [5.41, 5.74) is 2.10. The molecule has 2 aromatic carbocycles. The first kappa shape index (κ1) is 18.6. The molecule has 0 bridgehead atoms. The van der Waals surface area contributed by atoms with E-state index in [1.807, 2.05) is 30.3 Å². The number of hydrogen-bond donors (Lipinski definition) is 1. The lowest BCUT2D eigenvalue weighted by atomic mass is 10.1. The molecule has 0 aliphatic heterocycles. The highest BCUT2D eigenvalue weighted by atomic mass is 35.5. The molecule has 0 saturated carbocycles. The predicted molar refractivity (Wildman–Crippen MR) is 106 cm³/mol. The number of nitrogens with zero attached hydrogens (tertiary/aromatic N) is 2. The lowest BCUT2D eigenvalue weighted by Gasteiger charge is -2.19. The lowest BCUT2D eigenvalue weighted by molar-refractivity contribution is 0.0786. The van der Waals surface area contributed by atoms with Gasteiger partial charge >= 0.3 is 0 Å². The van der Waals surface area contributed by atoms with E-state index >= 15 is 0 Å². The maximum atomic E-state index is 12.9. The zero-order valence-corrected chi connectivity index (χ0v) is 15.5. The number of para-hydroxylation sites is 1. The van der Waals surface area contributed by atoms with Crippen LogP contribution in [-0.4, -0.2) is 28.7 Å². The summed E-state index contributed by atoms with van der Waals surface area (Å²) < 4.78 is 0. The van der Waals surface area contributed by atoms with Crippen molar-refractivity contribution in [3.05, 3.63) is 94.8 Å². The van der Waals surface area contributed by atoms with Crippen molar-refractivity contribution in [2.45, 2.75) is 6.54 Å². The molecule has 1 heterocycles. The van der Waals surface area contributed by atoms with Gasteiger partial charge in [0.2, 0.25) is 0 Å². The van der Waals surface area contributed by atoms with Crippen molar-refractivity contribution < 1.29 is 9.59 Å². The first-order chi connectivity index (χ1) is 13.1. The van der Waals surface area contributed by atoms with Gasteiger partial charge in [0.15, 0.2) is 0 Å². The zero-order valence-electron chi connectivity index (χ0n) is 14.7. The summed E-state index contributed by atoms with van der Waals surface area (Å²) in [5.74, 6) is -0.605. The van der Waals surface area contributed by atoms with Crippen LogP contribution in [0.3, 0.4) is 0 Å². The minimum absolute atomic E-state index is 0.111. The average molecular weight is 380 g/mol. The van der Waals surface area contributed by atoms with Crippen molar-refractivity contribution in [2.75, 3.05) is 12.4 Å².